The molecule has 2 aliphatic carbocycles. The summed E-state index contributed by atoms with van der Waals surface area (Å²) in [4.78, 5) is 0. The zero-order valence-corrected chi connectivity index (χ0v) is 11.4. The van der Waals surface area contributed by atoms with Crippen molar-refractivity contribution in [3.63, 3.8) is 0 Å². The van der Waals surface area contributed by atoms with Gasteiger partial charge in [0.1, 0.15) is 0 Å². The minimum atomic E-state index is -0.654. The van der Waals surface area contributed by atoms with E-state index < -0.39 is 11.6 Å². The normalized spacial score (nSPS) is 28.9. The zero-order valence-electron chi connectivity index (χ0n) is 10.7. The predicted molar refractivity (Wildman–Crippen MR) is 70.3 cm³/mol. The number of halogens is 3. The number of benzene rings is 1. The molecular weight excluding hydrogens is 270 g/mol. The number of hydrogen-bond donors (Lipinski definition) is 0. The molecule has 0 aromatic heterocycles. The van der Waals surface area contributed by atoms with Gasteiger partial charge in [-0.15, -0.1) is 11.6 Å². The Morgan fingerprint density at radius 2 is 1.89 bits per heavy atom. The first-order valence-electron chi connectivity index (χ1n) is 6.84. The van der Waals surface area contributed by atoms with Crippen LogP contribution in [0.3, 0.4) is 0 Å². The Balaban J connectivity index is 1.67. The molecule has 0 amide bonds. The maximum atomic E-state index is 13.7. The topological polar surface area (TPSA) is 9.23 Å². The molecule has 3 unspecified atom stereocenters. The zero-order chi connectivity index (χ0) is 13.4. The fourth-order valence-electron chi connectivity index (χ4n) is 3.60. The van der Waals surface area contributed by atoms with Crippen molar-refractivity contribution in [3.05, 3.63) is 29.3 Å². The van der Waals surface area contributed by atoms with Gasteiger partial charge in [-0.25, -0.2) is 8.78 Å². The molecule has 2 bridgehead atoms. The van der Waals surface area contributed by atoms with Crippen molar-refractivity contribution < 1.29 is 13.5 Å². The van der Waals surface area contributed by atoms with E-state index in [4.69, 9.17) is 16.3 Å². The van der Waals surface area contributed by atoms with E-state index in [0.29, 0.717) is 24.0 Å². The lowest BCUT2D eigenvalue weighted by molar-refractivity contribution is 0.183. The van der Waals surface area contributed by atoms with Gasteiger partial charge in [-0.2, -0.15) is 0 Å². The van der Waals surface area contributed by atoms with Crippen molar-refractivity contribution in [2.24, 2.45) is 17.8 Å². The average Bonchev–Trinajstić information content (AvgIpc) is 2.99. The fraction of sp³-hybridized carbons (Fsp3) is 0.600. The Kier molecular flexibility index (Phi) is 3.66. The van der Waals surface area contributed by atoms with Crippen LogP contribution in [0.25, 0.3) is 0 Å². The van der Waals surface area contributed by atoms with Gasteiger partial charge in [0.05, 0.1) is 6.61 Å². The van der Waals surface area contributed by atoms with E-state index in [-0.39, 0.29) is 11.6 Å². The maximum absolute atomic E-state index is 13.7. The van der Waals surface area contributed by atoms with E-state index in [0.717, 1.165) is 12.3 Å². The van der Waals surface area contributed by atoms with E-state index in [9.17, 15) is 8.78 Å². The summed E-state index contributed by atoms with van der Waals surface area (Å²) in [5.74, 6) is 0.505. The summed E-state index contributed by atoms with van der Waals surface area (Å²) in [6.07, 6.45) is 4.97. The van der Waals surface area contributed by atoms with E-state index in [1.165, 1.54) is 31.4 Å². The molecule has 1 aromatic rings. The first-order valence-corrected chi connectivity index (χ1v) is 7.37. The standard InChI is InChI=1S/C15H17ClF2O/c16-7-10-5-13(17)15(14(18)6-10)19-8-12-4-9-1-2-11(12)3-9/h5-6,9,11-12H,1-4,7-8H2. The predicted octanol–water partition coefficient (Wildman–Crippen LogP) is 4.52. The van der Waals surface area contributed by atoms with Gasteiger partial charge in [-0.05, 0) is 54.7 Å². The van der Waals surface area contributed by atoms with Crippen LogP contribution < -0.4 is 4.74 Å². The molecule has 0 radical (unpaired) electrons. The smallest absolute Gasteiger partial charge is 0.190 e. The van der Waals surface area contributed by atoms with Crippen molar-refractivity contribution in [2.45, 2.75) is 31.6 Å². The van der Waals surface area contributed by atoms with Crippen LogP contribution in [0.4, 0.5) is 8.78 Å². The van der Waals surface area contributed by atoms with Crippen LogP contribution in [0.1, 0.15) is 31.2 Å². The third-order valence-electron chi connectivity index (χ3n) is 4.54. The second kappa shape index (κ2) is 5.28. The molecular formula is C15H17ClF2O. The SMILES string of the molecule is Fc1cc(CCl)cc(F)c1OCC1CC2CCC1C2. The molecule has 2 saturated carbocycles. The number of ether oxygens (including phenoxy) is 1. The number of rotatable bonds is 4. The highest BCUT2D eigenvalue weighted by Gasteiger charge is 2.39. The molecule has 19 heavy (non-hydrogen) atoms. The lowest BCUT2D eigenvalue weighted by atomic mass is 9.89. The molecule has 3 rings (SSSR count). The van der Waals surface area contributed by atoms with Gasteiger partial charge in [0.15, 0.2) is 17.4 Å². The first-order chi connectivity index (χ1) is 9.17. The highest BCUT2D eigenvalue weighted by Crippen LogP contribution is 2.48. The second-order valence-corrected chi connectivity index (χ2v) is 6.04. The molecule has 0 heterocycles. The molecule has 3 atom stereocenters. The second-order valence-electron chi connectivity index (χ2n) is 5.77. The number of alkyl halides is 1. The molecule has 2 aliphatic rings. The van der Waals surface area contributed by atoms with E-state index >= 15 is 0 Å². The Bertz CT molecular complexity index is 454. The van der Waals surface area contributed by atoms with E-state index in [1.807, 2.05) is 0 Å². The lowest BCUT2D eigenvalue weighted by Crippen LogP contribution is -2.19. The highest BCUT2D eigenvalue weighted by atomic mass is 35.5. The average molecular weight is 287 g/mol. The van der Waals surface area contributed by atoms with Gasteiger partial charge in [-0.3, -0.25) is 0 Å². The molecule has 1 aromatic carbocycles. The Morgan fingerprint density at radius 1 is 1.16 bits per heavy atom. The largest absolute Gasteiger partial charge is 0.487 e. The Hall–Kier alpha value is -0.830. The summed E-state index contributed by atoms with van der Waals surface area (Å²) in [6.45, 7) is 0.426. The molecule has 0 spiro atoms. The summed E-state index contributed by atoms with van der Waals surface area (Å²) < 4.78 is 32.9. The third-order valence-corrected chi connectivity index (χ3v) is 4.85. The first kappa shape index (κ1) is 13.2. The monoisotopic (exact) mass is 286 g/mol. The maximum Gasteiger partial charge on any atom is 0.190 e. The van der Waals surface area contributed by atoms with Crippen LogP contribution in [0.2, 0.25) is 0 Å². The van der Waals surface area contributed by atoms with Gasteiger partial charge >= 0.3 is 0 Å². The van der Waals surface area contributed by atoms with Crippen molar-refractivity contribution in [1.29, 1.82) is 0 Å². The molecule has 0 aliphatic heterocycles. The number of hydrogen-bond acceptors (Lipinski definition) is 1. The third kappa shape index (κ3) is 2.58. The number of fused-ring (bicyclic) bond motifs is 2. The van der Waals surface area contributed by atoms with Gasteiger partial charge < -0.3 is 4.74 Å². The van der Waals surface area contributed by atoms with Gasteiger partial charge in [-0.1, -0.05) is 6.42 Å². The molecule has 2 fully saturated rings. The van der Waals surface area contributed by atoms with Gasteiger partial charge in [0.2, 0.25) is 0 Å². The summed E-state index contributed by atoms with van der Waals surface area (Å²) in [5.41, 5.74) is 0.434. The summed E-state index contributed by atoms with van der Waals surface area (Å²) in [5, 5.41) is 0. The van der Waals surface area contributed by atoms with Gasteiger partial charge in [0.25, 0.3) is 0 Å². The van der Waals surface area contributed by atoms with E-state index in [2.05, 4.69) is 0 Å². The van der Waals surface area contributed by atoms with Crippen LogP contribution in [-0.2, 0) is 5.88 Å². The minimum absolute atomic E-state index is 0.0977. The van der Waals surface area contributed by atoms with Crippen LogP contribution in [0.15, 0.2) is 12.1 Å². The van der Waals surface area contributed by atoms with Crippen molar-refractivity contribution in [3.8, 4) is 5.75 Å². The minimum Gasteiger partial charge on any atom is -0.487 e. The van der Waals surface area contributed by atoms with Crippen LogP contribution in [0.5, 0.6) is 5.75 Å². The van der Waals surface area contributed by atoms with E-state index in [1.54, 1.807) is 0 Å². The van der Waals surface area contributed by atoms with Crippen molar-refractivity contribution in [1.82, 2.24) is 0 Å². The quantitative estimate of drug-likeness (QED) is 0.740. The molecule has 104 valence electrons. The molecule has 0 saturated heterocycles. The summed E-state index contributed by atoms with van der Waals surface area (Å²) in [6, 6.07) is 2.48. The summed E-state index contributed by atoms with van der Waals surface area (Å²) in [7, 11) is 0. The lowest BCUT2D eigenvalue weighted by Gasteiger charge is -2.22. The van der Waals surface area contributed by atoms with Crippen molar-refractivity contribution >= 4 is 11.6 Å². The van der Waals surface area contributed by atoms with Crippen LogP contribution in [0, 0.1) is 29.4 Å². The van der Waals surface area contributed by atoms with Crippen LogP contribution >= 0.6 is 11.6 Å². The Morgan fingerprint density at radius 3 is 2.42 bits per heavy atom. The molecule has 4 heteroatoms. The summed E-state index contributed by atoms with van der Waals surface area (Å²) >= 11 is 5.57. The molecule has 1 nitrogen and oxygen atoms in total. The fourth-order valence-corrected chi connectivity index (χ4v) is 3.75. The Labute approximate surface area is 116 Å². The van der Waals surface area contributed by atoms with Gasteiger partial charge in [0, 0.05) is 5.88 Å². The highest BCUT2D eigenvalue weighted by molar-refractivity contribution is 6.17. The molecule has 0 N–H and O–H groups in total. The van der Waals surface area contributed by atoms with Crippen molar-refractivity contribution in [2.75, 3.05) is 6.61 Å². The van der Waals surface area contributed by atoms with Crippen LogP contribution in [-0.4, -0.2) is 6.61 Å².